The van der Waals surface area contributed by atoms with Crippen LogP contribution in [0.4, 0.5) is 0 Å². The van der Waals surface area contributed by atoms with Crippen LogP contribution >= 0.6 is 0 Å². The van der Waals surface area contributed by atoms with E-state index in [1.807, 2.05) is 0 Å². The lowest BCUT2D eigenvalue weighted by molar-refractivity contribution is -0.313. The Labute approximate surface area is 227 Å². The van der Waals surface area contributed by atoms with Crippen molar-refractivity contribution in [3.05, 3.63) is 22.8 Å². The summed E-state index contributed by atoms with van der Waals surface area (Å²) in [5.74, 6) is 3.03. The number of aliphatic hydroxyl groups excluding tert-OH is 4. The van der Waals surface area contributed by atoms with E-state index in [1.165, 1.54) is 24.0 Å². The molecule has 4 N–H and O–H groups in total. The Morgan fingerprint density at radius 3 is 2.55 bits per heavy atom. The summed E-state index contributed by atoms with van der Waals surface area (Å²) < 4.78 is 12.0. The minimum Gasteiger partial charge on any atom is -0.394 e. The first-order valence-electron chi connectivity index (χ1n) is 14.8. The average Bonchev–Trinajstić information content (AvgIpc) is 3.39. The van der Waals surface area contributed by atoms with Gasteiger partial charge in [0, 0.05) is 0 Å². The van der Waals surface area contributed by atoms with Crippen molar-refractivity contribution >= 4 is 6.29 Å². The van der Waals surface area contributed by atoms with Gasteiger partial charge in [0.1, 0.15) is 30.7 Å². The molecule has 0 amide bonds. The Hall–Kier alpha value is -1.09. The molecule has 38 heavy (non-hydrogen) atoms. The van der Waals surface area contributed by atoms with Crippen molar-refractivity contribution in [3.8, 4) is 0 Å². The highest BCUT2D eigenvalue weighted by molar-refractivity contribution is 5.74. The molecule has 0 bridgehead atoms. The van der Waals surface area contributed by atoms with Crippen LogP contribution in [0.5, 0.6) is 0 Å². The molecule has 0 spiro atoms. The van der Waals surface area contributed by atoms with Crippen LogP contribution in [0.1, 0.15) is 73.1 Å². The first kappa shape index (κ1) is 28.4. The first-order chi connectivity index (χ1) is 18.0. The van der Waals surface area contributed by atoms with E-state index in [-0.39, 0.29) is 23.9 Å². The molecule has 3 saturated carbocycles. The van der Waals surface area contributed by atoms with Crippen LogP contribution in [0.15, 0.2) is 22.8 Å². The molecule has 0 aromatic rings. The summed E-state index contributed by atoms with van der Waals surface area (Å²) >= 11 is 0. The van der Waals surface area contributed by atoms with Gasteiger partial charge < -0.3 is 29.9 Å². The maximum atomic E-state index is 12.4. The first-order valence-corrected chi connectivity index (χ1v) is 14.8. The zero-order chi connectivity index (χ0) is 27.5. The smallest absolute Gasteiger partial charge is 0.186 e. The normalized spacial score (nSPS) is 52.4. The minimum atomic E-state index is -1.45. The number of hydrogen-bond acceptors (Lipinski definition) is 7. The number of rotatable bonds is 5. The van der Waals surface area contributed by atoms with E-state index in [2.05, 4.69) is 40.7 Å². The van der Waals surface area contributed by atoms with Crippen LogP contribution in [0.3, 0.4) is 0 Å². The van der Waals surface area contributed by atoms with E-state index in [1.54, 1.807) is 0 Å². The second-order valence-electron chi connectivity index (χ2n) is 13.7. The summed E-state index contributed by atoms with van der Waals surface area (Å²) in [6, 6.07) is 0. The molecule has 214 valence electrons. The topological polar surface area (TPSA) is 116 Å². The Balaban J connectivity index is 1.43. The average molecular weight is 533 g/mol. The van der Waals surface area contributed by atoms with Crippen molar-refractivity contribution in [3.63, 3.8) is 0 Å². The summed E-state index contributed by atoms with van der Waals surface area (Å²) in [4.78, 5) is 12.4. The van der Waals surface area contributed by atoms with E-state index in [0.717, 1.165) is 43.5 Å². The third-order valence-electron chi connectivity index (χ3n) is 11.5. The van der Waals surface area contributed by atoms with Gasteiger partial charge >= 0.3 is 0 Å². The van der Waals surface area contributed by atoms with Crippen molar-refractivity contribution in [1.82, 2.24) is 0 Å². The number of carbonyl (C=O) groups is 1. The zero-order valence-electron chi connectivity index (χ0n) is 23.6. The third-order valence-corrected chi connectivity index (χ3v) is 11.5. The van der Waals surface area contributed by atoms with Crippen molar-refractivity contribution in [1.29, 1.82) is 0 Å². The molecule has 7 heteroatoms. The van der Waals surface area contributed by atoms with Gasteiger partial charge in [-0.1, -0.05) is 44.9 Å². The molecule has 13 atom stereocenters. The molecule has 4 aliphatic carbocycles. The highest BCUT2D eigenvalue weighted by atomic mass is 16.7. The number of allylic oxidation sites excluding steroid dienone is 3. The fourth-order valence-corrected chi connectivity index (χ4v) is 9.07. The lowest BCUT2D eigenvalue weighted by Gasteiger charge is -2.49. The number of carbonyl (C=O) groups excluding carboxylic acids is 1. The van der Waals surface area contributed by atoms with Gasteiger partial charge in [0.15, 0.2) is 6.29 Å². The van der Waals surface area contributed by atoms with Crippen molar-refractivity contribution in [2.24, 2.45) is 46.8 Å². The second kappa shape index (κ2) is 10.7. The summed E-state index contributed by atoms with van der Waals surface area (Å²) in [5.41, 5.74) is 4.08. The number of fused-ring (bicyclic) bond motifs is 3. The third kappa shape index (κ3) is 4.65. The molecule has 1 aliphatic heterocycles. The number of aliphatic hydroxyl groups is 4. The molecular formula is C31H48O7. The van der Waals surface area contributed by atoms with Crippen LogP contribution in [0.25, 0.3) is 0 Å². The molecule has 7 nitrogen and oxygen atoms in total. The Kier molecular flexibility index (Phi) is 8.02. The molecule has 4 fully saturated rings. The van der Waals surface area contributed by atoms with Crippen LogP contribution in [0, 0.1) is 46.8 Å². The molecule has 1 heterocycles. The summed E-state index contributed by atoms with van der Waals surface area (Å²) in [6.45, 7) is 11.1. The second-order valence-corrected chi connectivity index (χ2v) is 13.7. The zero-order valence-corrected chi connectivity index (χ0v) is 23.6. The predicted molar refractivity (Wildman–Crippen MR) is 143 cm³/mol. The van der Waals surface area contributed by atoms with Crippen LogP contribution in [-0.2, 0) is 14.3 Å². The number of aldehydes is 1. The van der Waals surface area contributed by atoms with E-state index in [0.29, 0.717) is 23.2 Å². The maximum Gasteiger partial charge on any atom is 0.186 e. The molecule has 5 aliphatic rings. The Morgan fingerprint density at radius 1 is 1.16 bits per heavy atom. The van der Waals surface area contributed by atoms with Crippen molar-refractivity contribution < 1.29 is 34.7 Å². The standard InChI is InChI=1S/C31H48O7/c1-15(2)19-8-9-31(5)12-23-18(13-32)6-7-20-17(4)25(11-22(20)16(3)21(23)10-24(19)31)37-30-29(36)28(35)27(34)26(14-33)38-30/h6,13,15,17,19-21,23-30,33-36H,7-12,14H2,1-5H3/b18-6-,22-16-/t17-,19-,20-,21+,23+,24-,25-,26+,27-,28+,29-,30+,31+/m0/s1. The van der Waals surface area contributed by atoms with Crippen LogP contribution < -0.4 is 0 Å². The molecular weight excluding hydrogens is 484 g/mol. The summed E-state index contributed by atoms with van der Waals surface area (Å²) in [7, 11) is 0. The van der Waals surface area contributed by atoms with Gasteiger partial charge in [-0.05, 0) is 97.9 Å². The van der Waals surface area contributed by atoms with Gasteiger partial charge in [0.2, 0.25) is 0 Å². The quantitative estimate of drug-likeness (QED) is 0.317. The molecule has 0 aromatic carbocycles. The van der Waals surface area contributed by atoms with Gasteiger partial charge in [-0.15, -0.1) is 0 Å². The van der Waals surface area contributed by atoms with Crippen LogP contribution in [-0.4, -0.2) is 70.1 Å². The van der Waals surface area contributed by atoms with E-state index < -0.39 is 37.3 Å². The van der Waals surface area contributed by atoms with Gasteiger partial charge in [0.05, 0.1) is 12.7 Å². The molecule has 5 rings (SSSR count). The van der Waals surface area contributed by atoms with Gasteiger partial charge in [-0.25, -0.2) is 0 Å². The molecule has 0 aromatic heterocycles. The van der Waals surface area contributed by atoms with Gasteiger partial charge in [0.25, 0.3) is 0 Å². The lowest BCUT2D eigenvalue weighted by Crippen LogP contribution is -2.59. The molecule has 0 unspecified atom stereocenters. The van der Waals surface area contributed by atoms with Crippen molar-refractivity contribution in [2.45, 2.75) is 110 Å². The van der Waals surface area contributed by atoms with Gasteiger partial charge in [-0.3, -0.25) is 4.79 Å². The predicted octanol–water partition coefficient (Wildman–Crippen LogP) is 3.39. The Morgan fingerprint density at radius 2 is 1.89 bits per heavy atom. The number of ether oxygens (including phenoxy) is 2. The maximum absolute atomic E-state index is 12.4. The van der Waals surface area contributed by atoms with E-state index in [4.69, 9.17) is 9.47 Å². The fourth-order valence-electron chi connectivity index (χ4n) is 9.07. The van der Waals surface area contributed by atoms with E-state index in [9.17, 15) is 25.2 Å². The lowest BCUT2D eigenvalue weighted by atomic mass is 9.55. The largest absolute Gasteiger partial charge is 0.394 e. The summed E-state index contributed by atoms with van der Waals surface area (Å²) in [5, 5.41) is 40.6. The monoisotopic (exact) mass is 532 g/mol. The van der Waals surface area contributed by atoms with Gasteiger partial charge in [-0.2, -0.15) is 0 Å². The van der Waals surface area contributed by atoms with Crippen molar-refractivity contribution in [2.75, 3.05) is 6.61 Å². The Bertz CT molecular complexity index is 956. The fraction of sp³-hybridized carbons (Fsp3) is 0.839. The highest BCUT2D eigenvalue weighted by Gasteiger charge is 2.54. The SMILES string of the molecule is C/C1=C2\C[C@H](O[C@@H]3O[C@H](CO)[C@H](O)[C@@H](O)[C@@H]3O)[C@@H](C)[C@@H]2C/C=C(/C=O)[C@H]2C[C@@]3(C)CC[C@@H](C(C)C)[C@@H]3C[C@H]12. The molecule has 0 radical (unpaired) electrons. The highest BCUT2D eigenvalue weighted by Crippen LogP contribution is 2.62. The van der Waals surface area contributed by atoms with E-state index >= 15 is 0 Å². The molecule has 1 saturated heterocycles. The van der Waals surface area contributed by atoms with Crippen LogP contribution in [0.2, 0.25) is 0 Å². The summed E-state index contributed by atoms with van der Waals surface area (Å²) in [6.07, 6.45) is 2.93. The number of hydrogen-bond donors (Lipinski definition) is 4. The minimum absolute atomic E-state index is 0.122.